The Morgan fingerprint density at radius 1 is 1.20 bits per heavy atom. The molecule has 0 spiro atoms. The SMILES string of the molecule is CC/C(=C\c1ccccc1)C1CC1NCC(C)(C)CN1CCC(C(=O)O)CC1.Cl.Cl. The second-order valence-corrected chi connectivity index (χ2v) is 9.37. The van der Waals surface area contributed by atoms with Gasteiger partial charge in [0.15, 0.2) is 0 Å². The molecule has 30 heavy (non-hydrogen) atoms. The predicted molar refractivity (Wildman–Crippen MR) is 130 cm³/mol. The highest BCUT2D eigenvalue weighted by atomic mass is 35.5. The molecule has 1 aromatic rings. The third kappa shape index (κ3) is 7.88. The van der Waals surface area contributed by atoms with Crippen LogP contribution < -0.4 is 5.32 Å². The van der Waals surface area contributed by atoms with Gasteiger partial charge in [-0.15, -0.1) is 24.8 Å². The molecular weight excluding hydrogens is 419 g/mol. The van der Waals surface area contributed by atoms with Crippen molar-refractivity contribution in [1.82, 2.24) is 10.2 Å². The highest BCUT2D eigenvalue weighted by Gasteiger charge is 2.39. The van der Waals surface area contributed by atoms with Gasteiger partial charge in [-0.3, -0.25) is 4.79 Å². The van der Waals surface area contributed by atoms with Gasteiger partial charge in [-0.2, -0.15) is 0 Å². The highest BCUT2D eigenvalue weighted by molar-refractivity contribution is 5.85. The highest BCUT2D eigenvalue weighted by Crippen LogP contribution is 2.40. The topological polar surface area (TPSA) is 52.6 Å². The summed E-state index contributed by atoms with van der Waals surface area (Å²) in [6, 6.07) is 11.2. The van der Waals surface area contributed by atoms with Crippen molar-refractivity contribution in [3.05, 3.63) is 41.5 Å². The van der Waals surface area contributed by atoms with Gasteiger partial charge in [0.25, 0.3) is 0 Å². The summed E-state index contributed by atoms with van der Waals surface area (Å²) in [7, 11) is 0. The Bertz CT molecular complexity index is 686. The molecule has 1 saturated heterocycles. The van der Waals surface area contributed by atoms with Crippen LogP contribution in [0.5, 0.6) is 0 Å². The number of carboxylic acid groups (broad SMARTS) is 1. The second kappa shape index (κ2) is 12.1. The van der Waals surface area contributed by atoms with Crippen molar-refractivity contribution in [2.75, 3.05) is 26.2 Å². The first-order valence-electron chi connectivity index (χ1n) is 10.8. The van der Waals surface area contributed by atoms with Crippen molar-refractivity contribution in [3.8, 4) is 0 Å². The maximum atomic E-state index is 11.1. The van der Waals surface area contributed by atoms with Crippen LogP contribution in [0.25, 0.3) is 6.08 Å². The van der Waals surface area contributed by atoms with E-state index in [1.807, 2.05) is 0 Å². The van der Waals surface area contributed by atoms with Gasteiger partial charge in [0.1, 0.15) is 0 Å². The zero-order chi connectivity index (χ0) is 20.1. The minimum Gasteiger partial charge on any atom is -0.481 e. The van der Waals surface area contributed by atoms with Crippen LogP contribution in [0.1, 0.15) is 52.0 Å². The van der Waals surface area contributed by atoms with Gasteiger partial charge in [-0.1, -0.05) is 62.8 Å². The zero-order valence-electron chi connectivity index (χ0n) is 18.5. The van der Waals surface area contributed by atoms with Crippen LogP contribution in [0.4, 0.5) is 0 Å². The third-order valence-corrected chi connectivity index (χ3v) is 6.26. The number of nitrogens with zero attached hydrogens (tertiary/aromatic N) is 1. The van der Waals surface area contributed by atoms with Crippen molar-refractivity contribution in [1.29, 1.82) is 0 Å². The fourth-order valence-electron chi connectivity index (χ4n) is 4.47. The summed E-state index contributed by atoms with van der Waals surface area (Å²) in [5.41, 5.74) is 3.05. The standard InChI is InChI=1S/C24H36N2O2.2ClH/c1-4-19(14-18-8-6-5-7-9-18)21-15-22(21)25-16-24(2,3)17-26-12-10-20(11-13-26)23(27)28;;/h5-9,14,20-22,25H,4,10-13,15-17H2,1-3H3,(H,27,28);2*1H/b19-14+;;. The van der Waals surface area contributed by atoms with E-state index in [0.29, 0.717) is 12.0 Å². The molecule has 1 heterocycles. The molecule has 6 heteroatoms. The van der Waals surface area contributed by atoms with Crippen molar-refractivity contribution >= 4 is 36.9 Å². The molecule has 1 aliphatic carbocycles. The maximum Gasteiger partial charge on any atom is 0.306 e. The average Bonchev–Trinajstić information content (AvgIpc) is 3.45. The van der Waals surface area contributed by atoms with E-state index in [2.05, 4.69) is 67.4 Å². The van der Waals surface area contributed by atoms with Crippen LogP contribution >= 0.6 is 24.8 Å². The molecule has 0 amide bonds. The third-order valence-electron chi connectivity index (χ3n) is 6.26. The maximum absolute atomic E-state index is 11.1. The Morgan fingerprint density at radius 2 is 1.83 bits per heavy atom. The number of hydrogen-bond donors (Lipinski definition) is 2. The Morgan fingerprint density at radius 3 is 2.40 bits per heavy atom. The average molecular weight is 457 g/mol. The smallest absolute Gasteiger partial charge is 0.306 e. The van der Waals surface area contributed by atoms with Crippen molar-refractivity contribution in [2.24, 2.45) is 17.3 Å². The van der Waals surface area contributed by atoms with Gasteiger partial charge in [0.2, 0.25) is 0 Å². The predicted octanol–water partition coefficient (Wildman–Crippen LogP) is 5.12. The van der Waals surface area contributed by atoms with Crippen LogP contribution in [0, 0.1) is 17.3 Å². The van der Waals surface area contributed by atoms with E-state index in [1.54, 1.807) is 5.57 Å². The van der Waals surface area contributed by atoms with Gasteiger partial charge in [0, 0.05) is 19.1 Å². The lowest BCUT2D eigenvalue weighted by atomic mass is 9.90. The van der Waals surface area contributed by atoms with Gasteiger partial charge >= 0.3 is 5.97 Å². The number of carboxylic acids is 1. The number of halogens is 2. The van der Waals surface area contributed by atoms with Crippen LogP contribution in [-0.4, -0.2) is 48.2 Å². The molecule has 2 unspecified atom stereocenters. The van der Waals surface area contributed by atoms with Crippen molar-refractivity contribution in [3.63, 3.8) is 0 Å². The number of aliphatic carboxylic acids is 1. The Balaban J connectivity index is 0.00000225. The number of benzene rings is 1. The first kappa shape index (κ1) is 27.0. The molecule has 0 radical (unpaired) electrons. The summed E-state index contributed by atoms with van der Waals surface area (Å²) in [5, 5.41) is 13.0. The molecule has 3 rings (SSSR count). The molecule has 1 aromatic carbocycles. The summed E-state index contributed by atoms with van der Waals surface area (Å²) in [4.78, 5) is 13.6. The number of rotatable bonds is 9. The summed E-state index contributed by atoms with van der Waals surface area (Å²) in [6.45, 7) is 10.8. The lowest BCUT2D eigenvalue weighted by molar-refractivity contribution is -0.143. The van der Waals surface area contributed by atoms with Gasteiger partial charge in [-0.05, 0) is 55.7 Å². The van der Waals surface area contributed by atoms with Gasteiger partial charge < -0.3 is 15.3 Å². The Kier molecular flexibility index (Phi) is 10.9. The molecule has 2 aliphatic rings. The quantitative estimate of drug-likeness (QED) is 0.540. The molecule has 1 aliphatic heterocycles. The molecule has 1 saturated carbocycles. The minimum absolute atomic E-state index is 0. The number of hydrogen-bond acceptors (Lipinski definition) is 3. The van der Waals surface area contributed by atoms with Crippen molar-refractivity contribution in [2.45, 2.75) is 52.5 Å². The van der Waals surface area contributed by atoms with Crippen molar-refractivity contribution < 1.29 is 9.90 Å². The van der Waals surface area contributed by atoms with E-state index in [0.717, 1.165) is 45.4 Å². The number of nitrogens with one attached hydrogen (secondary N) is 1. The molecular formula is C24H38Cl2N2O2. The molecule has 0 aromatic heterocycles. The van der Waals surface area contributed by atoms with Crippen LogP contribution in [0.15, 0.2) is 35.9 Å². The lowest BCUT2D eigenvalue weighted by Gasteiger charge is -2.36. The number of piperidine rings is 1. The van der Waals surface area contributed by atoms with Gasteiger partial charge in [-0.25, -0.2) is 0 Å². The van der Waals surface area contributed by atoms with E-state index in [9.17, 15) is 4.79 Å². The van der Waals surface area contributed by atoms with Gasteiger partial charge in [0.05, 0.1) is 5.92 Å². The summed E-state index contributed by atoms with van der Waals surface area (Å²) in [6.07, 6.45) is 6.29. The first-order valence-corrected chi connectivity index (χ1v) is 10.8. The first-order chi connectivity index (χ1) is 13.4. The second-order valence-electron chi connectivity index (χ2n) is 9.37. The molecule has 0 bridgehead atoms. The molecule has 170 valence electrons. The summed E-state index contributed by atoms with van der Waals surface area (Å²) >= 11 is 0. The van der Waals surface area contributed by atoms with Crippen LogP contribution in [0.3, 0.4) is 0 Å². The normalized spacial score (nSPS) is 22.7. The minimum atomic E-state index is -0.629. The number of carbonyl (C=O) groups is 1. The zero-order valence-corrected chi connectivity index (χ0v) is 20.1. The Labute approximate surface area is 194 Å². The van der Waals surface area contributed by atoms with E-state index >= 15 is 0 Å². The van der Waals surface area contributed by atoms with Crippen LogP contribution in [0.2, 0.25) is 0 Å². The molecule has 2 fully saturated rings. The van der Waals surface area contributed by atoms with Crippen LogP contribution in [-0.2, 0) is 4.79 Å². The molecule has 2 atom stereocenters. The number of likely N-dealkylation sites (tertiary alicyclic amines) is 1. The Hall–Kier alpha value is -1.07. The largest absolute Gasteiger partial charge is 0.481 e. The lowest BCUT2D eigenvalue weighted by Crippen LogP contribution is -2.45. The fraction of sp³-hybridized carbons (Fsp3) is 0.625. The monoisotopic (exact) mass is 456 g/mol. The molecule has 2 N–H and O–H groups in total. The van der Waals surface area contributed by atoms with E-state index < -0.39 is 5.97 Å². The van der Waals surface area contributed by atoms with E-state index in [1.165, 1.54) is 12.0 Å². The fourth-order valence-corrected chi connectivity index (χ4v) is 4.47. The molecule has 4 nitrogen and oxygen atoms in total. The summed E-state index contributed by atoms with van der Waals surface area (Å²) < 4.78 is 0. The van der Waals surface area contributed by atoms with E-state index in [4.69, 9.17) is 5.11 Å². The summed E-state index contributed by atoms with van der Waals surface area (Å²) in [5.74, 6) is -0.100. The van der Waals surface area contributed by atoms with E-state index in [-0.39, 0.29) is 36.1 Å².